The molecule has 0 fully saturated rings. The summed E-state index contributed by atoms with van der Waals surface area (Å²) in [6.45, 7) is 5.40. The van der Waals surface area contributed by atoms with Crippen molar-refractivity contribution in [2.24, 2.45) is 5.92 Å². The highest BCUT2D eigenvalue weighted by Crippen LogP contribution is 2.28. The van der Waals surface area contributed by atoms with Crippen LogP contribution in [0.1, 0.15) is 38.7 Å². The van der Waals surface area contributed by atoms with Crippen LogP contribution in [0.4, 0.5) is 4.79 Å². The predicted octanol–water partition coefficient (Wildman–Crippen LogP) is 2.20. The maximum absolute atomic E-state index is 12.5. The van der Waals surface area contributed by atoms with Gasteiger partial charge in [0.15, 0.2) is 6.10 Å². The number of imide groups is 1. The third-order valence-electron chi connectivity index (χ3n) is 3.75. The minimum atomic E-state index is -1.05. The molecule has 0 heterocycles. The summed E-state index contributed by atoms with van der Waals surface area (Å²) in [6, 6.07) is 8.70. The molecule has 3 amide bonds. The molecular weight excluding hydrogens is 296 g/mol. The lowest BCUT2D eigenvalue weighted by atomic mass is 9.85. The SMILES string of the molecule is CCC(C)C(C(=O)OC(C)C(=O)NC(=O)NC)c1ccccc1. The molecule has 1 rings (SSSR count). The van der Waals surface area contributed by atoms with Crippen molar-refractivity contribution in [1.82, 2.24) is 10.6 Å². The van der Waals surface area contributed by atoms with Crippen LogP contribution < -0.4 is 10.6 Å². The Morgan fingerprint density at radius 1 is 1.13 bits per heavy atom. The van der Waals surface area contributed by atoms with E-state index in [-0.39, 0.29) is 5.92 Å². The van der Waals surface area contributed by atoms with Gasteiger partial charge in [0, 0.05) is 7.05 Å². The Morgan fingerprint density at radius 3 is 2.26 bits per heavy atom. The van der Waals surface area contributed by atoms with Gasteiger partial charge in [-0.2, -0.15) is 0 Å². The molecule has 2 N–H and O–H groups in total. The van der Waals surface area contributed by atoms with Crippen molar-refractivity contribution in [3.63, 3.8) is 0 Å². The van der Waals surface area contributed by atoms with E-state index in [4.69, 9.17) is 4.74 Å². The fourth-order valence-electron chi connectivity index (χ4n) is 2.17. The molecule has 0 spiro atoms. The summed E-state index contributed by atoms with van der Waals surface area (Å²) in [5.74, 6) is -1.51. The van der Waals surface area contributed by atoms with Crippen LogP contribution in [0.25, 0.3) is 0 Å². The minimum absolute atomic E-state index is 0.0686. The number of esters is 1. The second kappa shape index (κ2) is 8.92. The largest absolute Gasteiger partial charge is 0.452 e. The molecule has 0 saturated carbocycles. The number of benzene rings is 1. The van der Waals surface area contributed by atoms with Gasteiger partial charge < -0.3 is 10.1 Å². The number of nitrogens with one attached hydrogen (secondary N) is 2. The second-order valence-electron chi connectivity index (χ2n) is 5.42. The first-order valence-electron chi connectivity index (χ1n) is 7.68. The van der Waals surface area contributed by atoms with E-state index in [0.29, 0.717) is 0 Å². The van der Waals surface area contributed by atoms with Gasteiger partial charge in [-0.3, -0.25) is 14.9 Å². The molecule has 126 valence electrons. The summed E-state index contributed by atoms with van der Waals surface area (Å²) >= 11 is 0. The van der Waals surface area contributed by atoms with Crippen molar-refractivity contribution in [3.8, 4) is 0 Å². The zero-order chi connectivity index (χ0) is 17.4. The van der Waals surface area contributed by atoms with E-state index < -0.39 is 29.9 Å². The highest BCUT2D eigenvalue weighted by atomic mass is 16.5. The molecular formula is C17H24N2O4. The molecule has 6 heteroatoms. The highest BCUT2D eigenvalue weighted by Gasteiger charge is 2.30. The van der Waals surface area contributed by atoms with E-state index in [1.807, 2.05) is 44.2 Å². The van der Waals surface area contributed by atoms with Gasteiger partial charge in [-0.15, -0.1) is 0 Å². The summed E-state index contributed by atoms with van der Waals surface area (Å²) in [5.41, 5.74) is 0.853. The summed E-state index contributed by atoms with van der Waals surface area (Å²) < 4.78 is 5.27. The van der Waals surface area contributed by atoms with E-state index in [1.54, 1.807) is 0 Å². The number of rotatable bonds is 6. The molecule has 3 atom stereocenters. The number of urea groups is 1. The summed E-state index contributed by atoms with van der Waals surface area (Å²) in [5, 5.41) is 4.36. The molecule has 0 bridgehead atoms. The van der Waals surface area contributed by atoms with Crippen LogP contribution in [-0.4, -0.2) is 31.1 Å². The monoisotopic (exact) mass is 320 g/mol. The Balaban J connectivity index is 2.82. The zero-order valence-electron chi connectivity index (χ0n) is 14.0. The van der Waals surface area contributed by atoms with Crippen LogP contribution in [0.2, 0.25) is 0 Å². The normalized spacial score (nSPS) is 14.3. The Labute approximate surface area is 136 Å². The van der Waals surface area contributed by atoms with Gasteiger partial charge in [0.2, 0.25) is 0 Å². The third kappa shape index (κ3) is 5.39. The van der Waals surface area contributed by atoms with Crippen LogP contribution in [0, 0.1) is 5.92 Å². The number of carbonyl (C=O) groups is 3. The van der Waals surface area contributed by atoms with E-state index >= 15 is 0 Å². The quantitative estimate of drug-likeness (QED) is 0.787. The molecule has 1 aromatic rings. The standard InChI is InChI=1S/C17H24N2O4/c1-5-11(2)14(13-9-7-6-8-10-13)16(21)23-12(3)15(20)19-17(22)18-4/h6-12,14H,5H2,1-4H3,(H2,18,19,20,22). The molecule has 0 saturated heterocycles. The molecule has 23 heavy (non-hydrogen) atoms. The van der Waals surface area contributed by atoms with Gasteiger partial charge in [0.25, 0.3) is 5.91 Å². The van der Waals surface area contributed by atoms with E-state index in [9.17, 15) is 14.4 Å². The first-order chi connectivity index (χ1) is 10.9. The Hall–Kier alpha value is -2.37. The van der Waals surface area contributed by atoms with Crippen molar-refractivity contribution >= 4 is 17.9 Å². The van der Waals surface area contributed by atoms with Gasteiger partial charge in [0.05, 0.1) is 5.92 Å². The van der Waals surface area contributed by atoms with Gasteiger partial charge in [-0.05, 0) is 18.4 Å². The first kappa shape index (κ1) is 18.7. The number of hydrogen-bond acceptors (Lipinski definition) is 4. The molecule has 0 aliphatic carbocycles. The van der Waals surface area contributed by atoms with Crippen molar-refractivity contribution < 1.29 is 19.1 Å². The van der Waals surface area contributed by atoms with Crippen LogP contribution in [0.15, 0.2) is 30.3 Å². The number of hydrogen-bond donors (Lipinski definition) is 2. The van der Waals surface area contributed by atoms with Crippen molar-refractivity contribution in [2.75, 3.05) is 7.05 Å². The number of amides is 3. The Morgan fingerprint density at radius 2 is 1.74 bits per heavy atom. The van der Waals surface area contributed by atoms with E-state index in [0.717, 1.165) is 12.0 Å². The fraction of sp³-hybridized carbons (Fsp3) is 0.471. The van der Waals surface area contributed by atoms with Gasteiger partial charge in [-0.25, -0.2) is 4.79 Å². The maximum atomic E-state index is 12.5. The molecule has 6 nitrogen and oxygen atoms in total. The van der Waals surface area contributed by atoms with Gasteiger partial charge in [0.1, 0.15) is 0 Å². The van der Waals surface area contributed by atoms with Gasteiger partial charge in [-0.1, -0.05) is 50.6 Å². The highest BCUT2D eigenvalue weighted by molar-refractivity contribution is 5.97. The first-order valence-corrected chi connectivity index (χ1v) is 7.68. The zero-order valence-corrected chi connectivity index (χ0v) is 14.0. The molecule has 0 aromatic heterocycles. The van der Waals surface area contributed by atoms with Crippen LogP contribution in [-0.2, 0) is 14.3 Å². The smallest absolute Gasteiger partial charge is 0.321 e. The number of ether oxygens (including phenoxy) is 1. The minimum Gasteiger partial charge on any atom is -0.452 e. The maximum Gasteiger partial charge on any atom is 0.321 e. The molecule has 0 aliphatic rings. The van der Waals surface area contributed by atoms with E-state index in [1.165, 1.54) is 14.0 Å². The summed E-state index contributed by atoms with van der Waals surface area (Å²) in [7, 11) is 1.40. The molecule has 0 radical (unpaired) electrons. The Kier molecular flexibility index (Phi) is 7.25. The van der Waals surface area contributed by atoms with Crippen molar-refractivity contribution in [1.29, 1.82) is 0 Å². The summed E-state index contributed by atoms with van der Waals surface area (Å²) in [4.78, 5) is 35.4. The average Bonchev–Trinajstić information content (AvgIpc) is 2.55. The lowest BCUT2D eigenvalue weighted by Crippen LogP contribution is -2.44. The van der Waals surface area contributed by atoms with Gasteiger partial charge >= 0.3 is 12.0 Å². The van der Waals surface area contributed by atoms with Crippen molar-refractivity contribution in [2.45, 2.75) is 39.2 Å². The summed E-state index contributed by atoms with van der Waals surface area (Å²) in [6.07, 6.45) is -0.247. The topological polar surface area (TPSA) is 84.5 Å². The lowest BCUT2D eigenvalue weighted by molar-refractivity contribution is -0.157. The van der Waals surface area contributed by atoms with E-state index in [2.05, 4.69) is 10.6 Å². The Bertz CT molecular complexity index is 545. The lowest BCUT2D eigenvalue weighted by Gasteiger charge is -2.23. The van der Waals surface area contributed by atoms with Crippen molar-refractivity contribution in [3.05, 3.63) is 35.9 Å². The van der Waals surface area contributed by atoms with Crippen LogP contribution >= 0.6 is 0 Å². The van der Waals surface area contributed by atoms with Crippen LogP contribution in [0.5, 0.6) is 0 Å². The molecule has 1 aromatic carbocycles. The molecule has 0 aliphatic heterocycles. The average molecular weight is 320 g/mol. The van der Waals surface area contributed by atoms with Crippen LogP contribution in [0.3, 0.4) is 0 Å². The second-order valence-corrected chi connectivity index (χ2v) is 5.42. The number of carbonyl (C=O) groups excluding carboxylic acids is 3. The predicted molar refractivity (Wildman–Crippen MR) is 86.8 cm³/mol. The fourth-order valence-corrected chi connectivity index (χ4v) is 2.17. The molecule has 3 unspecified atom stereocenters. The third-order valence-corrected chi connectivity index (χ3v) is 3.75.